The number of anilines is 2. The van der Waals surface area contributed by atoms with Crippen molar-refractivity contribution in [3.63, 3.8) is 0 Å². The molecule has 6 heterocycles. The van der Waals surface area contributed by atoms with E-state index >= 15 is 0 Å². The molecule has 0 saturated carbocycles. The molecule has 1 unspecified atom stereocenters. The van der Waals surface area contributed by atoms with E-state index in [0.29, 0.717) is 44.8 Å². The highest BCUT2D eigenvalue weighted by Crippen LogP contribution is 2.36. The van der Waals surface area contributed by atoms with Crippen LogP contribution in [0.2, 0.25) is 0 Å². The number of hydrogen-bond donors (Lipinski definition) is 2. The number of carbonyl (C=O) groups excluding carboxylic acids is 4. The van der Waals surface area contributed by atoms with Gasteiger partial charge in [-0.3, -0.25) is 38.6 Å². The fraction of sp³-hybridized carbons (Fsp3) is 0.421. The van der Waals surface area contributed by atoms with Crippen LogP contribution in [0.25, 0.3) is 4.96 Å². The molecule has 15 heteroatoms. The van der Waals surface area contributed by atoms with Gasteiger partial charge in [0.25, 0.3) is 17.4 Å². The third kappa shape index (κ3) is 6.97. The van der Waals surface area contributed by atoms with Gasteiger partial charge >= 0.3 is 0 Å². The summed E-state index contributed by atoms with van der Waals surface area (Å²) in [6.07, 6.45) is 5.64. The third-order valence-electron chi connectivity index (χ3n) is 10.9. The molecule has 8 rings (SSSR count). The number of hydrogen-bond acceptors (Lipinski definition) is 11. The van der Waals surface area contributed by atoms with Crippen molar-refractivity contribution >= 4 is 67.4 Å². The number of imide groups is 2. The maximum absolute atomic E-state index is 13.6. The van der Waals surface area contributed by atoms with Crippen LogP contribution in [0.4, 0.5) is 11.5 Å². The minimum Gasteiger partial charge on any atom is -0.494 e. The zero-order valence-electron chi connectivity index (χ0n) is 29.3. The first-order valence-corrected chi connectivity index (χ1v) is 19.7. The molecule has 0 bridgehead atoms. The van der Waals surface area contributed by atoms with Crippen molar-refractivity contribution in [2.75, 3.05) is 50.1 Å². The van der Waals surface area contributed by atoms with Gasteiger partial charge in [0, 0.05) is 50.2 Å². The molecule has 2 aromatic heterocycles. The molecular weight excluding hydrogens is 762 g/mol. The Morgan fingerprint density at radius 1 is 1.00 bits per heavy atom. The SMILES string of the molecule is CN1C[C@H](Nc2nc3sccn3c(=O)c2Br)C[C@H](c2ccc(OCCC3CCN(c4cccc5c4C(=O)N(C4CCC(=O)NC4=O)C5=O)CC3)cc2)C1. The summed E-state index contributed by atoms with van der Waals surface area (Å²) < 4.78 is 8.18. The first-order valence-electron chi connectivity index (χ1n) is 18.1. The predicted molar refractivity (Wildman–Crippen MR) is 204 cm³/mol. The number of likely N-dealkylation sites (tertiary alicyclic amines) is 1. The van der Waals surface area contributed by atoms with E-state index in [1.165, 1.54) is 16.9 Å². The van der Waals surface area contributed by atoms with Gasteiger partial charge in [0.2, 0.25) is 11.8 Å². The number of thiazole rings is 1. The van der Waals surface area contributed by atoms with Gasteiger partial charge in [0.15, 0.2) is 4.96 Å². The topological polar surface area (TPSA) is 146 Å². The summed E-state index contributed by atoms with van der Waals surface area (Å²) in [5.74, 6) is 0.249. The highest BCUT2D eigenvalue weighted by molar-refractivity contribution is 9.10. The number of fused-ring (bicyclic) bond motifs is 2. The molecule has 276 valence electrons. The number of likely N-dealkylation sites (N-methyl/N-ethyl adjacent to an activating group) is 1. The van der Waals surface area contributed by atoms with Crippen molar-refractivity contribution < 1.29 is 23.9 Å². The molecule has 53 heavy (non-hydrogen) atoms. The van der Waals surface area contributed by atoms with Gasteiger partial charge < -0.3 is 19.9 Å². The van der Waals surface area contributed by atoms with Crippen LogP contribution < -0.4 is 25.8 Å². The summed E-state index contributed by atoms with van der Waals surface area (Å²) in [6.45, 7) is 3.88. The van der Waals surface area contributed by atoms with E-state index in [-0.39, 0.29) is 24.4 Å². The Kier molecular flexibility index (Phi) is 9.81. The van der Waals surface area contributed by atoms with Crippen LogP contribution in [0, 0.1) is 5.92 Å². The van der Waals surface area contributed by atoms with Gasteiger partial charge in [-0.25, -0.2) is 4.98 Å². The van der Waals surface area contributed by atoms with Crippen LogP contribution in [0.1, 0.15) is 70.7 Å². The largest absolute Gasteiger partial charge is 0.494 e. The molecular formula is C38H40BrN7O6S. The van der Waals surface area contributed by atoms with Crippen LogP contribution in [0.5, 0.6) is 5.75 Å². The smallest absolute Gasteiger partial charge is 0.275 e. The Hall–Kier alpha value is -4.60. The molecule has 3 atom stereocenters. The van der Waals surface area contributed by atoms with Gasteiger partial charge in [-0.2, -0.15) is 0 Å². The lowest BCUT2D eigenvalue weighted by Gasteiger charge is -2.36. The highest BCUT2D eigenvalue weighted by Gasteiger charge is 2.46. The maximum Gasteiger partial charge on any atom is 0.275 e. The summed E-state index contributed by atoms with van der Waals surface area (Å²) in [5.41, 5.74) is 2.50. The molecule has 2 aromatic carbocycles. The molecule has 13 nitrogen and oxygen atoms in total. The van der Waals surface area contributed by atoms with E-state index in [4.69, 9.17) is 4.74 Å². The first kappa shape index (κ1) is 35.4. The molecule has 3 fully saturated rings. The van der Waals surface area contributed by atoms with Crippen molar-refractivity contribution in [1.29, 1.82) is 0 Å². The second kappa shape index (κ2) is 14.7. The van der Waals surface area contributed by atoms with E-state index in [0.717, 1.165) is 68.2 Å². The van der Waals surface area contributed by atoms with Crippen LogP contribution in [0.3, 0.4) is 0 Å². The van der Waals surface area contributed by atoms with Crippen molar-refractivity contribution in [3.05, 3.63) is 85.6 Å². The molecule has 0 radical (unpaired) electrons. The summed E-state index contributed by atoms with van der Waals surface area (Å²) in [6, 6.07) is 12.8. The van der Waals surface area contributed by atoms with E-state index < -0.39 is 29.7 Å². The minimum atomic E-state index is -0.980. The average molecular weight is 803 g/mol. The van der Waals surface area contributed by atoms with Crippen LogP contribution in [0.15, 0.2) is 63.3 Å². The Morgan fingerprint density at radius 3 is 2.57 bits per heavy atom. The summed E-state index contributed by atoms with van der Waals surface area (Å²) in [7, 11) is 2.12. The number of nitrogens with one attached hydrogen (secondary N) is 2. The molecule has 2 N–H and O–H groups in total. The number of amides is 4. The monoisotopic (exact) mass is 801 g/mol. The van der Waals surface area contributed by atoms with E-state index in [9.17, 15) is 24.0 Å². The average Bonchev–Trinajstić information content (AvgIpc) is 3.73. The Balaban J connectivity index is 0.828. The highest BCUT2D eigenvalue weighted by atomic mass is 79.9. The molecule has 4 aliphatic rings. The number of carbonyl (C=O) groups is 4. The normalized spacial score (nSPS) is 22.7. The summed E-state index contributed by atoms with van der Waals surface area (Å²) >= 11 is 4.90. The fourth-order valence-electron chi connectivity index (χ4n) is 8.22. The quantitative estimate of drug-likeness (QED) is 0.232. The second-order valence-electron chi connectivity index (χ2n) is 14.4. The maximum atomic E-state index is 13.6. The third-order valence-corrected chi connectivity index (χ3v) is 12.4. The standard InChI is InChI=1S/C38H40BrN7O6S/c1-43-20-24(19-25(21-43)40-33-32(39)37(51)45-16-18-53-38(45)42-33)23-5-7-26(8-6-23)52-17-13-22-11-14-44(15-12-22)28-4-2-3-27-31(28)36(50)46(35(27)49)29-9-10-30(47)41-34(29)48/h2-8,16,18,22,24-25,29,40H,9-15,17,19-21H2,1H3,(H,41,47,48)/t24-,25+,29?/m0/s1. The lowest BCUT2D eigenvalue weighted by Crippen LogP contribution is -2.54. The van der Waals surface area contributed by atoms with Gasteiger partial charge in [-0.15, -0.1) is 11.3 Å². The number of nitrogens with zero attached hydrogens (tertiary/aromatic N) is 5. The predicted octanol–water partition coefficient (Wildman–Crippen LogP) is 4.51. The van der Waals surface area contributed by atoms with Gasteiger partial charge in [0.1, 0.15) is 22.1 Å². The fourth-order valence-corrected chi connectivity index (χ4v) is 9.32. The molecule has 0 spiro atoms. The first-order chi connectivity index (χ1) is 25.6. The van der Waals surface area contributed by atoms with E-state index in [1.54, 1.807) is 22.7 Å². The van der Waals surface area contributed by atoms with Crippen molar-refractivity contribution in [1.82, 2.24) is 24.5 Å². The minimum absolute atomic E-state index is 0.0904. The Morgan fingerprint density at radius 2 is 1.79 bits per heavy atom. The zero-order valence-corrected chi connectivity index (χ0v) is 31.7. The van der Waals surface area contributed by atoms with Gasteiger partial charge in [-0.1, -0.05) is 18.2 Å². The van der Waals surface area contributed by atoms with Crippen molar-refractivity contribution in [2.45, 2.75) is 56.5 Å². The zero-order chi connectivity index (χ0) is 36.8. The Labute approximate surface area is 318 Å². The lowest BCUT2D eigenvalue weighted by molar-refractivity contribution is -0.136. The van der Waals surface area contributed by atoms with E-state index in [1.807, 2.05) is 23.6 Å². The van der Waals surface area contributed by atoms with Gasteiger partial charge in [0.05, 0.1) is 23.4 Å². The number of aromatic nitrogens is 2. The lowest BCUT2D eigenvalue weighted by atomic mass is 9.88. The van der Waals surface area contributed by atoms with Crippen molar-refractivity contribution in [2.24, 2.45) is 5.92 Å². The second-order valence-corrected chi connectivity index (χ2v) is 16.1. The van der Waals surface area contributed by atoms with Gasteiger partial charge in [-0.05, 0) is 96.7 Å². The molecule has 3 saturated heterocycles. The number of benzene rings is 2. The summed E-state index contributed by atoms with van der Waals surface area (Å²) in [5, 5.41) is 7.64. The van der Waals surface area contributed by atoms with Crippen LogP contribution in [-0.4, -0.2) is 94.7 Å². The van der Waals surface area contributed by atoms with Crippen LogP contribution in [-0.2, 0) is 9.59 Å². The molecule has 4 aliphatic heterocycles. The molecule has 4 amide bonds. The molecule has 0 aliphatic carbocycles. The number of ether oxygens (including phenoxy) is 1. The number of rotatable bonds is 9. The van der Waals surface area contributed by atoms with Crippen molar-refractivity contribution in [3.8, 4) is 5.75 Å². The Bertz CT molecular complexity index is 2150. The summed E-state index contributed by atoms with van der Waals surface area (Å²) in [4.78, 5) is 74.6. The van der Waals surface area contributed by atoms with E-state index in [2.05, 4.69) is 60.5 Å². The number of halogens is 1. The van der Waals surface area contributed by atoms with Crippen LogP contribution >= 0.6 is 27.3 Å². The number of piperidine rings is 3. The molecule has 4 aromatic rings.